The molecule has 1 amide bonds. The summed E-state index contributed by atoms with van der Waals surface area (Å²) in [6, 6.07) is -0.997. The molecule has 114 valence electrons. The first-order valence-electron chi connectivity index (χ1n) is 5.79. The highest BCUT2D eigenvalue weighted by Gasteiger charge is 2.35. The fraction of sp³-hybridized carbons (Fsp3) is 0.333. The third-order valence-electron chi connectivity index (χ3n) is 3.01. The largest absolute Gasteiger partial charge is 0.480 e. The van der Waals surface area contributed by atoms with Crippen LogP contribution in [0.15, 0.2) is 6.07 Å². The maximum Gasteiger partial charge on any atom is 0.327 e. The molecule has 0 radical (unpaired) electrons. The summed E-state index contributed by atoms with van der Waals surface area (Å²) >= 11 is 1.28. The molecule has 0 spiro atoms. The monoisotopic (exact) mass is 323 g/mol. The Labute approximate surface area is 120 Å². The molecule has 1 atom stereocenters. The van der Waals surface area contributed by atoms with Crippen molar-refractivity contribution >= 4 is 23.6 Å². The van der Waals surface area contributed by atoms with Gasteiger partial charge >= 0.3 is 5.97 Å². The lowest BCUT2D eigenvalue weighted by Crippen LogP contribution is -2.50. The van der Waals surface area contributed by atoms with Gasteiger partial charge in [-0.05, 0) is 6.07 Å². The van der Waals surface area contributed by atoms with Gasteiger partial charge in [0.25, 0.3) is 5.91 Å². The molecule has 1 aliphatic heterocycles. The molecule has 0 aliphatic carbocycles. The molecule has 1 aliphatic rings. The highest BCUT2D eigenvalue weighted by molar-refractivity contribution is 7.99. The summed E-state index contributed by atoms with van der Waals surface area (Å²) in [5.41, 5.74) is -1.02. The zero-order valence-corrected chi connectivity index (χ0v) is 11.2. The van der Waals surface area contributed by atoms with Crippen LogP contribution in [0.2, 0.25) is 0 Å². The number of carbonyl (C=O) groups is 2. The number of carboxylic acid groups (broad SMARTS) is 1. The van der Waals surface area contributed by atoms with Gasteiger partial charge in [-0.3, -0.25) is 4.79 Å². The Hall–Kier alpha value is -1.77. The highest BCUT2D eigenvalue weighted by atomic mass is 32.2. The van der Waals surface area contributed by atoms with Crippen LogP contribution in [0.3, 0.4) is 0 Å². The number of benzene rings is 1. The predicted molar refractivity (Wildman–Crippen MR) is 66.1 cm³/mol. The third kappa shape index (κ3) is 2.82. The minimum absolute atomic E-state index is 0.0134. The van der Waals surface area contributed by atoms with E-state index in [1.807, 2.05) is 0 Å². The van der Waals surface area contributed by atoms with E-state index in [4.69, 9.17) is 5.11 Å². The number of aliphatic carboxylic acids is 1. The molecule has 1 N–H and O–H groups in total. The first-order chi connectivity index (χ1) is 9.84. The van der Waals surface area contributed by atoms with E-state index in [1.54, 1.807) is 0 Å². The van der Waals surface area contributed by atoms with Crippen LogP contribution in [-0.4, -0.2) is 46.0 Å². The Morgan fingerprint density at radius 2 is 1.86 bits per heavy atom. The number of hydrogen-bond donors (Lipinski definition) is 1. The number of rotatable bonds is 2. The Morgan fingerprint density at radius 3 is 2.48 bits per heavy atom. The SMILES string of the molecule is O=C(O)C1CSCCN1C(=O)c1cc(F)c(F)c(F)c1F. The summed E-state index contributed by atoms with van der Waals surface area (Å²) in [4.78, 5) is 24.0. The number of nitrogens with zero attached hydrogens (tertiary/aromatic N) is 1. The standard InChI is InChI=1S/C12H9F4NO3S/c13-6-3-5(8(14)10(16)9(6)15)11(18)17-1-2-21-4-7(17)12(19)20/h3,7H,1-2,4H2,(H,19,20). The molecule has 1 saturated heterocycles. The average Bonchev–Trinajstić information content (AvgIpc) is 2.48. The van der Waals surface area contributed by atoms with Gasteiger partial charge < -0.3 is 10.0 Å². The molecular weight excluding hydrogens is 314 g/mol. The zero-order valence-electron chi connectivity index (χ0n) is 10.4. The molecule has 1 fully saturated rings. The molecule has 2 rings (SSSR count). The van der Waals surface area contributed by atoms with Gasteiger partial charge in [-0.25, -0.2) is 22.4 Å². The molecule has 1 unspecified atom stereocenters. The molecule has 21 heavy (non-hydrogen) atoms. The molecule has 1 aromatic rings. The van der Waals surface area contributed by atoms with Crippen molar-refractivity contribution in [2.45, 2.75) is 6.04 Å². The van der Waals surface area contributed by atoms with Crippen LogP contribution in [0.4, 0.5) is 17.6 Å². The van der Waals surface area contributed by atoms with Crippen molar-refractivity contribution in [2.75, 3.05) is 18.1 Å². The van der Waals surface area contributed by atoms with Gasteiger partial charge in [0.15, 0.2) is 23.3 Å². The average molecular weight is 323 g/mol. The molecule has 0 bridgehead atoms. The first kappa shape index (κ1) is 15.6. The first-order valence-corrected chi connectivity index (χ1v) is 6.94. The number of halogens is 4. The Bertz CT molecular complexity index is 611. The van der Waals surface area contributed by atoms with Crippen molar-refractivity contribution < 1.29 is 32.3 Å². The normalized spacial score (nSPS) is 18.7. The topological polar surface area (TPSA) is 57.6 Å². The Balaban J connectivity index is 2.42. The van der Waals surface area contributed by atoms with Crippen LogP contribution >= 0.6 is 11.8 Å². The maximum atomic E-state index is 13.6. The number of hydrogen-bond acceptors (Lipinski definition) is 3. The summed E-state index contributed by atoms with van der Waals surface area (Å²) in [5.74, 6) is -9.67. The van der Waals surface area contributed by atoms with E-state index >= 15 is 0 Å². The van der Waals surface area contributed by atoms with Gasteiger partial charge in [0, 0.05) is 18.1 Å². The van der Waals surface area contributed by atoms with Crippen molar-refractivity contribution in [2.24, 2.45) is 0 Å². The van der Waals surface area contributed by atoms with Crippen molar-refractivity contribution in [3.05, 3.63) is 34.9 Å². The second-order valence-corrected chi connectivity index (χ2v) is 5.43. The van der Waals surface area contributed by atoms with Gasteiger partial charge in [-0.1, -0.05) is 0 Å². The predicted octanol–water partition coefficient (Wildman–Crippen LogP) is 1.89. The molecular formula is C12H9F4NO3S. The van der Waals surface area contributed by atoms with E-state index in [9.17, 15) is 27.2 Å². The lowest BCUT2D eigenvalue weighted by atomic mass is 10.1. The Morgan fingerprint density at radius 1 is 1.19 bits per heavy atom. The minimum atomic E-state index is -2.10. The van der Waals surface area contributed by atoms with E-state index in [1.165, 1.54) is 11.8 Å². The van der Waals surface area contributed by atoms with Crippen LogP contribution in [0.25, 0.3) is 0 Å². The molecule has 4 nitrogen and oxygen atoms in total. The van der Waals surface area contributed by atoms with Crippen molar-refractivity contribution in [1.29, 1.82) is 0 Å². The van der Waals surface area contributed by atoms with Crippen molar-refractivity contribution in [3.63, 3.8) is 0 Å². The molecule has 1 aromatic carbocycles. The van der Waals surface area contributed by atoms with E-state index in [0.717, 1.165) is 4.90 Å². The number of carboxylic acids is 1. The van der Waals surface area contributed by atoms with Gasteiger partial charge in [-0.2, -0.15) is 11.8 Å². The lowest BCUT2D eigenvalue weighted by molar-refractivity contribution is -0.141. The van der Waals surface area contributed by atoms with E-state index in [-0.39, 0.29) is 18.4 Å². The second kappa shape index (κ2) is 5.92. The summed E-state index contributed by atoms with van der Waals surface area (Å²) < 4.78 is 52.7. The Kier molecular flexibility index (Phi) is 4.40. The summed E-state index contributed by atoms with van der Waals surface area (Å²) in [6.45, 7) is -0.0134. The third-order valence-corrected chi connectivity index (χ3v) is 4.03. The van der Waals surface area contributed by atoms with Crippen LogP contribution in [0, 0.1) is 23.3 Å². The minimum Gasteiger partial charge on any atom is -0.480 e. The summed E-state index contributed by atoms with van der Waals surface area (Å²) in [6.07, 6.45) is 0. The zero-order chi connectivity index (χ0) is 15.7. The van der Waals surface area contributed by atoms with Crippen LogP contribution < -0.4 is 0 Å². The quantitative estimate of drug-likeness (QED) is 0.513. The van der Waals surface area contributed by atoms with Gasteiger partial charge in [0.05, 0.1) is 5.56 Å². The fourth-order valence-corrected chi connectivity index (χ4v) is 2.97. The van der Waals surface area contributed by atoms with E-state index < -0.39 is 46.8 Å². The van der Waals surface area contributed by atoms with Crippen LogP contribution in [0.5, 0.6) is 0 Å². The smallest absolute Gasteiger partial charge is 0.327 e. The van der Waals surface area contributed by atoms with Gasteiger partial charge in [0.2, 0.25) is 0 Å². The van der Waals surface area contributed by atoms with E-state index in [0.29, 0.717) is 5.75 Å². The maximum absolute atomic E-state index is 13.6. The van der Waals surface area contributed by atoms with Crippen molar-refractivity contribution in [1.82, 2.24) is 4.90 Å². The molecule has 0 saturated carbocycles. The van der Waals surface area contributed by atoms with Gasteiger partial charge in [0.1, 0.15) is 6.04 Å². The number of thioether (sulfide) groups is 1. The van der Waals surface area contributed by atoms with E-state index in [2.05, 4.69) is 0 Å². The second-order valence-electron chi connectivity index (χ2n) is 4.28. The lowest BCUT2D eigenvalue weighted by Gasteiger charge is -2.32. The number of amides is 1. The fourth-order valence-electron chi connectivity index (χ4n) is 1.93. The van der Waals surface area contributed by atoms with Crippen molar-refractivity contribution in [3.8, 4) is 0 Å². The van der Waals surface area contributed by atoms with Gasteiger partial charge in [-0.15, -0.1) is 0 Å². The summed E-state index contributed by atoms with van der Waals surface area (Å²) in [5, 5.41) is 9.02. The molecule has 9 heteroatoms. The molecule has 0 aromatic heterocycles. The highest BCUT2D eigenvalue weighted by Crippen LogP contribution is 2.24. The molecule has 1 heterocycles. The van der Waals surface area contributed by atoms with Crippen LogP contribution in [0.1, 0.15) is 10.4 Å². The van der Waals surface area contributed by atoms with Crippen LogP contribution in [-0.2, 0) is 4.79 Å². The number of carbonyl (C=O) groups excluding carboxylic acids is 1. The summed E-state index contributed by atoms with van der Waals surface area (Å²) in [7, 11) is 0.